The molecule has 2 unspecified atom stereocenters. The van der Waals surface area contributed by atoms with Crippen LogP contribution in [0.25, 0.3) is 0 Å². The van der Waals surface area contributed by atoms with Gasteiger partial charge in [0.1, 0.15) is 0 Å². The Balaban J connectivity index is 1.97. The third-order valence-corrected chi connectivity index (χ3v) is 4.63. The second-order valence-corrected chi connectivity index (χ2v) is 6.98. The lowest BCUT2D eigenvalue weighted by molar-refractivity contribution is -0.120. The van der Waals surface area contributed by atoms with Crippen molar-refractivity contribution in [3.8, 4) is 0 Å². The standard InChI is InChI=1S/C15H27N3OS/c1-10(2)9-16-15(20)18-13-5-4-6-14(18)8-12(7-13)17-11(3)19/h10,12-14H,4-9H2,1-3H3,(H,16,20)(H,17,19). The summed E-state index contributed by atoms with van der Waals surface area (Å²) in [7, 11) is 0. The van der Waals surface area contributed by atoms with Crippen molar-refractivity contribution in [1.29, 1.82) is 0 Å². The van der Waals surface area contributed by atoms with Crippen molar-refractivity contribution in [3.05, 3.63) is 0 Å². The van der Waals surface area contributed by atoms with E-state index in [9.17, 15) is 4.79 Å². The van der Waals surface area contributed by atoms with Crippen LogP contribution in [0.2, 0.25) is 0 Å². The van der Waals surface area contributed by atoms with E-state index in [4.69, 9.17) is 12.2 Å². The molecule has 114 valence electrons. The maximum absolute atomic E-state index is 11.3. The number of hydrogen-bond donors (Lipinski definition) is 2. The Morgan fingerprint density at radius 3 is 2.40 bits per heavy atom. The van der Waals surface area contributed by atoms with Gasteiger partial charge < -0.3 is 15.5 Å². The van der Waals surface area contributed by atoms with Gasteiger partial charge in [0, 0.05) is 31.6 Å². The van der Waals surface area contributed by atoms with Crippen LogP contribution in [0.15, 0.2) is 0 Å². The molecule has 2 saturated heterocycles. The summed E-state index contributed by atoms with van der Waals surface area (Å²) in [5.74, 6) is 0.687. The summed E-state index contributed by atoms with van der Waals surface area (Å²) in [4.78, 5) is 13.7. The van der Waals surface area contributed by atoms with E-state index in [2.05, 4.69) is 29.4 Å². The molecule has 0 aromatic heterocycles. The van der Waals surface area contributed by atoms with Gasteiger partial charge in [-0.1, -0.05) is 13.8 Å². The van der Waals surface area contributed by atoms with Crippen LogP contribution >= 0.6 is 12.2 Å². The number of carbonyl (C=O) groups is 1. The zero-order valence-corrected chi connectivity index (χ0v) is 13.6. The number of piperidine rings is 2. The van der Waals surface area contributed by atoms with E-state index in [1.54, 1.807) is 6.92 Å². The summed E-state index contributed by atoms with van der Waals surface area (Å²) in [6.07, 6.45) is 5.72. The molecule has 0 saturated carbocycles. The lowest BCUT2D eigenvalue weighted by atomic mass is 9.82. The third-order valence-electron chi connectivity index (χ3n) is 4.28. The molecule has 1 amide bonds. The van der Waals surface area contributed by atoms with E-state index < -0.39 is 0 Å². The Bertz CT molecular complexity index is 358. The molecule has 20 heavy (non-hydrogen) atoms. The van der Waals surface area contributed by atoms with Crippen molar-refractivity contribution in [3.63, 3.8) is 0 Å². The van der Waals surface area contributed by atoms with E-state index in [1.165, 1.54) is 19.3 Å². The van der Waals surface area contributed by atoms with Gasteiger partial charge in [-0.25, -0.2) is 0 Å². The first-order chi connectivity index (χ1) is 9.47. The molecule has 2 aliphatic rings. The molecule has 2 heterocycles. The summed E-state index contributed by atoms with van der Waals surface area (Å²) in [5.41, 5.74) is 0. The van der Waals surface area contributed by atoms with Crippen molar-refractivity contribution in [2.75, 3.05) is 6.54 Å². The lowest BCUT2D eigenvalue weighted by Crippen LogP contribution is -2.60. The summed E-state index contributed by atoms with van der Waals surface area (Å²) in [6, 6.07) is 1.31. The lowest BCUT2D eigenvalue weighted by Gasteiger charge is -2.50. The maximum atomic E-state index is 11.3. The molecule has 2 bridgehead atoms. The minimum atomic E-state index is 0.0852. The number of thiocarbonyl (C=S) groups is 1. The van der Waals surface area contributed by atoms with Gasteiger partial charge in [-0.05, 0) is 50.2 Å². The van der Waals surface area contributed by atoms with Gasteiger partial charge in [0.2, 0.25) is 5.91 Å². The van der Waals surface area contributed by atoms with Gasteiger partial charge in [-0.3, -0.25) is 4.79 Å². The Hall–Kier alpha value is -0.840. The molecule has 2 rings (SSSR count). The number of amides is 1. The average Bonchev–Trinajstić information content (AvgIpc) is 2.34. The van der Waals surface area contributed by atoms with Crippen LogP contribution < -0.4 is 10.6 Å². The zero-order chi connectivity index (χ0) is 14.7. The molecular weight excluding hydrogens is 270 g/mol. The first-order valence-electron chi connectivity index (χ1n) is 7.80. The normalized spacial score (nSPS) is 29.2. The van der Waals surface area contributed by atoms with E-state index in [0.29, 0.717) is 24.0 Å². The van der Waals surface area contributed by atoms with Crippen LogP contribution in [0.1, 0.15) is 52.9 Å². The van der Waals surface area contributed by atoms with Crippen LogP contribution in [-0.4, -0.2) is 40.6 Å². The highest BCUT2D eigenvalue weighted by atomic mass is 32.1. The van der Waals surface area contributed by atoms with Crippen LogP contribution in [0.5, 0.6) is 0 Å². The van der Waals surface area contributed by atoms with Crippen molar-refractivity contribution < 1.29 is 4.79 Å². The van der Waals surface area contributed by atoms with E-state index in [-0.39, 0.29) is 5.91 Å². The Morgan fingerprint density at radius 1 is 1.30 bits per heavy atom. The number of rotatable bonds is 3. The molecule has 0 aromatic carbocycles. The van der Waals surface area contributed by atoms with Crippen LogP contribution in [0.4, 0.5) is 0 Å². The fourth-order valence-electron chi connectivity index (χ4n) is 3.50. The second kappa shape index (κ2) is 6.74. The number of hydrogen-bond acceptors (Lipinski definition) is 2. The van der Waals surface area contributed by atoms with Gasteiger partial charge >= 0.3 is 0 Å². The largest absolute Gasteiger partial charge is 0.362 e. The quantitative estimate of drug-likeness (QED) is 0.783. The first kappa shape index (κ1) is 15.5. The number of carbonyl (C=O) groups excluding carboxylic acids is 1. The van der Waals surface area contributed by atoms with E-state index >= 15 is 0 Å². The van der Waals surface area contributed by atoms with Gasteiger partial charge in [-0.15, -0.1) is 0 Å². The molecule has 2 aliphatic heterocycles. The molecule has 0 spiro atoms. The van der Waals surface area contributed by atoms with Crippen LogP contribution in [-0.2, 0) is 4.79 Å². The zero-order valence-electron chi connectivity index (χ0n) is 12.8. The number of nitrogens with one attached hydrogen (secondary N) is 2. The van der Waals surface area contributed by atoms with Gasteiger partial charge in [-0.2, -0.15) is 0 Å². The highest BCUT2D eigenvalue weighted by Crippen LogP contribution is 2.34. The van der Waals surface area contributed by atoms with Gasteiger partial charge in [0.25, 0.3) is 0 Å². The summed E-state index contributed by atoms with van der Waals surface area (Å²) >= 11 is 5.60. The third kappa shape index (κ3) is 3.84. The molecule has 2 fully saturated rings. The molecular formula is C15H27N3OS. The predicted molar refractivity (Wildman–Crippen MR) is 85.5 cm³/mol. The maximum Gasteiger partial charge on any atom is 0.217 e. The first-order valence-corrected chi connectivity index (χ1v) is 8.21. The van der Waals surface area contributed by atoms with Crippen molar-refractivity contribution in [2.45, 2.75) is 71.0 Å². The number of nitrogens with zero attached hydrogens (tertiary/aromatic N) is 1. The van der Waals surface area contributed by atoms with Crippen molar-refractivity contribution in [1.82, 2.24) is 15.5 Å². The Kier molecular flexibility index (Phi) is 5.24. The van der Waals surface area contributed by atoms with Crippen LogP contribution in [0, 0.1) is 5.92 Å². The van der Waals surface area contributed by atoms with E-state index in [0.717, 1.165) is 24.5 Å². The van der Waals surface area contributed by atoms with Crippen molar-refractivity contribution in [2.24, 2.45) is 5.92 Å². The number of fused-ring (bicyclic) bond motifs is 2. The highest BCUT2D eigenvalue weighted by Gasteiger charge is 2.39. The minimum Gasteiger partial charge on any atom is -0.362 e. The second-order valence-electron chi connectivity index (χ2n) is 6.59. The monoisotopic (exact) mass is 297 g/mol. The summed E-state index contributed by atoms with van der Waals surface area (Å²) < 4.78 is 0. The van der Waals surface area contributed by atoms with Gasteiger partial charge in [0.15, 0.2) is 5.11 Å². The summed E-state index contributed by atoms with van der Waals surface area (Å²) in [5, 5.41) is 7.41. The minimum absolute atomic E-state index is 0.0852. The molecule has 0 radical (unpaired) electrons. The van der Waals surface area contributed by atoms with Crippen LogP contribution in [0.3, 0.4) is 0 Å². The predicted octanol–water partition coefficient (Wildman–Crippen LogP) is 2.04. The SMILES string of the molecule is CC(=O)NC1CC2CCCC(C1)N2C(=S)NCC(C)C. The fraction of sp³-hybridized carbons (Fsp3) is 0.867. The van der Waals surface area contributed by atoms with Crippen molar-refractivity contribution >= 4 is 23.2 Å². The Morgan fingerprint density at radius 2 is 1.90 bits per heavy atom. The smallest absolute Gasteiger partial charge is 0.217 e. The topological polar surface area (TPSA) is 44.4 Å². The molecule has 2 atom stereocenters. The molecule has 4 nitrogen and oxygen atoms in total. The average molecular weight is 297 g/mol. The molecule has 0 aromatic rings. The molecule has 5 heteroatoms. The summed E-state index contributed by atoms with van der Waals surface area (Å²) in [6.45, 7) is 6.93. The fourth-order valence-corrected chi connectivity index (χ4v) is 3.88. The van der Waals surface area contributed by atoms with Gasteiger partial charge in [0.05, 0.1) is 0 Å². The van der Waals surface area contributed by atoms with E-state index in [1.807, 2.05) is 0 Å². The molecule has 0 aliphatic carbocycles. The molecule has 2 N–H and O–H groups in total. The highest BCUT2D eigenvalue weighted by molar-refractivity contribution is 7.80. The Labute approximate surface area is 127 Å².